The van der Waals surface area contributed by atoms with Crippen LogP contribution in [0.15, 0.2) is 87.6 Å². The summed E-state index contributed by atoms with van der Waals surface area (Å²) in [6.07, 6.45) is 2.79. The molecular weight excluding hydrogens is 538 g/mol. The third-order valence-corrected chi connectivity index (χ3v) is 6.60. The van der Waals surface area contributed by atoms with Gasteiger partial charge in [-0.2, -0.15) is 9.78 Å². The highest BCUT2D eigenvalue weighted by molar-refractivity contribution is 5.89. The smallest absolute Gasteiger partial charge is 0.346 e. The van der Waals surface area contributed by atoms with Gasteiger partial charge in [-0.3, -0.25) is 4.79 Å². The van der Waals surface area contributed by atoms with Gasteiger partial charge in [0, 0.05) is 5.56 Å². The van der Waals surface area contributed by atoms with Crippen LogP contribution in [0.3, 0.4) is 0 Å². The maximum Gasteiger partial charge on any atom is 0.346 e. The van der Waals surface area contributed by atoms with E-state index in [1.807, 2.05) is 30.3 Å². The van der Waals surface area contributed by atoms with E-state index in [4.69, 9.17) is 28.3 Å². The SMILES string of the molecule is C=CCc1cc(C=Nn2c(-c3cc4c(OC)cccc4o3)nc3ccccc3c2=O)cc(OC)c1O[C@H](C)C(=O)OC. The minimum atomic E-state index is -0.862. The second-order valence-electron chi connectivity index (χ2n) is 9.28. The van der Waals surface area contributed by atoms with Crippen molar-refractivity contribution in [3.63, 3.8) is 0 Å². The summed E-state index contributed by atoms with van der Waals surface area (Å²) >= 11 is 0. The highest BCUT2D eigenvalue weighted by Crippen LogP contribution is 2.35. The summed E-state index contributed by atoms with van der Waals surface area (Å²) in [5.74, 6) is 1.44. The quantitative estimate of drug-likeness (QED) is 0.126. The van der Waals surface area contributed by atoms with Crippen LogP contribution in [0.4, 0.5) is 0 Å². The van der Waals surface area contributed by atoms with Crippen molar-refractivity contribution >= 4 is 34.1 Å². The van der Waals surface area contributed by atoms with Crippen molar-refractivity contribution in [1.82, 2.24) is 9.66 Å². The predicted octanol–water partition coefficient (Wildman–Crippen LogP) is 5.38. The summed E-state index contributed by atoms with van der Waals surface area (Å²) in [7, 11) is 4.37. The lowest BCUT2D eigenvalue weighted by Gasteiger charge is -2.18. The molecule has 42 heavy (non-hydrogen) atoms. The van der Waals surface area contributed by atoms with E-state index in [0.717, 1.165) is 5.39 Å². The van der Waals surface area contributed by atoms with E-state index >= 15 is 0 Å². The van der Waals surface area contributed by atoms with Gasteiger partial charge < -0.3 is 23.4 Å². The van der Waals surface area contributed by atoms with Crippen LogP contribution in [0.25, 0.3) is 33.5 Å². The average molecular weight is 568 g/mol. The first-order chi connectivity index (χ1) is 20.4. The standard InChI is InChI=1S/C32H29N3O7/c1-6-10-21-15-20(16-27(39-4)29(21)41-19(2)32(37)40-5)18-33-35-30(34-24-12-8-7-11-22(24)31(35)36)28-17-23-25(38-3)13-9-14-26(23)42-28/h6-9,11-19H,1,10H2,2-5H3/t19-/m1/s1. The summed E-state index contributed by atoms with van der Waals surface area (Å²) in [6.45, 7) is 5.42. The molecule has 0 unspecified atom stereocenters. The summed E-state index contributed by atoms with van der Waals surface area (Å²) in [4.78, 5) is 30.4. The third kappa shape index (κ3) is 5.34. The van der Waals surface area contributed by atoms with Gasteiger partial charge in [0.05, 0.1) is 43.8 Å². The first kappa shape index (κ1) is 28.2. The van der Waals surface area contributed by atoms with E-state index < -0.39 is 12.1 Å². The Bertz CT molecular complexity index is 1890. The summed E-state index contributed by atoms with van der Waals surface area (Å²) in [5, 5.41) is 5.69. The second-order valence-corrected chi connectivity index (χ2v) is 9.28. The topological polar surface area (TPSA) is 114 Å². The Hall–Kier alpha value is -5.38. The molecule has 0 aliphatic heterocycles. The molecular formula is C32H29N3O7. The Kier molecular flexibility index (Phi) is 8.05. The van der Waals surface area contributed by atoms with Crippen LogP contribution in [-0.2, 0) is 16.0 Å². The van der Waals surface area contributed by atoms with Crippen molar-refractivity contribution in [2.45, 2.75) is 19.4 Å². The van der Waals surface area contributed by atoms with E-state index in [1.165, 1.54) is 25.1 Å². The maximum atomic E-state index is 13.7. The van der Waals surface area contributed by atoms with Crippen LogP contribution in [0.1, 0.15) is 18.1 Å². The van der Waals surface area contributed by atoms with E-state index in [9.17, 15) is 9.59 Å². The number of nitrogens with zero attached hydrogens (tertiary/aromatic N) is 3. The van der Waals surface area contributed by atoms with Gasteiger partial charge >= 0.3 is 5.97 Å². The normalized spacial score (nSPS) is 12.0. The molecule has 2 heterocycles. The molecule has 0 saturated heterocycles. The Morgan fingerprint density at radius 3 is 2.57 bits per heavy atom. The number of hydrogen-bond donors (Lipinski definition) is 0. The molecule has 10 heteroatoms. The van der Waals surface area contributed by atoms with E-state index in [1.54, 1.807) is 50.4 Å². The molecule has 0 spiro atoms. The van der Waals surface area contributed by atoms with Crippen molar-refractivity contribution in [2.24, 2.45) is 5.10 Å². The zero-order valence-corrected chi connectivity index (χ0v) is 23.6. The van der Waals surface area contributed by atoms with Crippen LogP contribution in [0.2, 0.25) is 0 Å². The van der Waals surface area contributed by atoms with Crippen molar-refractivity contribution in [3.05, 3.63) is 94.8 Å². The Balaban J connectivity index is 1.65. The number of carbonyl (C=O) groups excluding carboxylic acids is 1. The highest BCUT2D eigenvalue weighted by Gasteiger charge is 2.21. The maximum absolute atomic E-state index is 13.7. The Labute approximate surface area is 241 Å². The molecule has 0 bridgehead atoms. The number of furan rings is 1. The number of methoxy groups -OCH3 is 3. The molecule has 0 saturated carbocycles. The van der Waals surface area contributed by atoms with E-state index in [0.29, 0.717) is 57.0 Å². The number of ether oxygens (including phenoxy) is 4. The van der Waals surface area contributed by atoms with Crippen LogP contribution >= 0.6 is 0 Å². The molecule has 5 aromatic rings. The lowest BCUT2D eigenvalue weighted by Crippen LogP contribution is -2.25. The van der Waals surface area contributed by atoms with Gasteiger partial charge in [-0.25, -0.2) is 9.78 Å². The molecule has 0 amide bonds. The number of carbonyl (C=O) groups is 1. The molecule has 0 N–H and O–H groups in total. The minimum absolute atomic E-state index is 0.221. The molecule has 1 atom stereocenters. The fraction of sp³-hybridized carbons (Fsp3) is 0.188. The van der Waals surface area contributed by atoms with Gasteiger partial charge in [0.15, 0.2) is 23.4 Å². The lowest BCUT2D eigenvalue weighted by atomic mass is 10.1. The highest BCUT2D eigenvalue weighted by atomic mass is 16.6. The van der Waals surface area contributed by atoms with Crippen LogP contribution < -0.4 is 19.8 Å². The Morgan fingerprint density at radius 1 is 1.05 bits per heavy atom. The van der Waals surface area contributed by atoms with Crippen LogP contribution in [0, 0.1) is 0 Å². The number of rotatable bonds is 10. The minimum Gasteiger partial charge on any atom is -0.496 e. The zero-order chi connectivity index (χ0) is 29.8. The molecule has 5 rings (SSSR count). The average Bonchev–Trinajstić information content (AvgIpc) is 3.45. The number of hydrogen-bond acceptors (Lipinski definition) is 9. The van der Waals surface area contributed by atoms with Gasteiger partial charge in [-0.1, -0.05) is 24.3 Å². The van der Waals surface area contributed by atoms with Gasteiger partial charge in [-0.15, -0.1) is 6.58 Å². The van der Waals surface area contributed by atoms with E-state index in [2.05, 4.69) is 11.7 Å². The molecule has 0 radical (unpaired) electrons. The fourth-order valence-electron chi connectivity index (χ4n) is 4.58. The molecule has 0 aliphatic rings. The number of benzene rings is 3. The van der Waals surface area contributed by atoms with Crippen LogP contribution in [0.5, 0.6) is 17.2 Å². The number of para-hydroxylation sites is 1. The van der Waals surface area contributed by atoms with Crippen molar-refractivity contribution in [1.29, 1.82) is 0 Å². The molecule has 10 nitrogen and oxygen atoms in total. The Morgan fingerprint density at radius 2 is 1.83 bits per heavy atom. The molecule has 3 aromatic carbocycles. The van der Waals surface area contributed by atoms with Gasteiger partial charge in [0.1, 0.15) is 11.3 Å². The van der Waals surface area contributed by atoms with Crippen molar-refractivity contribution in [3.8, 4) is 28.8 Å². The number of aromatic nitrogens is 2. The number of allylic oxidation sites excluding steroid dienone is 1. The summed E-state index contributed by atoms with van der Waals surface area (Å²) < 4.78 is 29.1. The second kappa shape index (κ2) is 12.0. The fourth-order valence-corrected chi connectivity index (χ4v) is 4.58. The largest absolute Gasteiger partial charge is 0.496 e. The predicted molar refractivity (Wildman–Crippen MR) is 160 cm³/mol. The van der Waals surface area contributed by atoms with Crippen molar-refractivity contribution < 1.29 is 28.2 Å². The van der Waals surface area contributed by atoms with Gasteiger partial charge in [0.2, 0.25) is 5.82 Å². The van der Waals surface area contributed by atoms with Gasteiger partial charge in [0.25, 0.3) is 5.56 Å². The molecule has 0 aliphatic carbocycles. The van der Waals surface area contributed by atoms with Crippen LogP contribution in [-0.4, -0.2) is 49.3 Å². The third-order valence-electron chi connectivity index (χ3n) is 6.60. The van der Waals surface area contributed by atoms with Gasteiger partial charge in [-0.05, 0) is 61.4 Å². The number of esters is 1. The summed E-state index contributed by atoms with van der Waals surface area (Å²) in [5.41, 5.74) is 2.03. The molecule has 2 aromatic heterocycles. The summed E-state index contributed by atoms with van der Waals surface area (Å²) in [6, 6.07) is 17.8. The zero-order valence-electron chi connectivity index (χ0n) is 23.6. The lowest BCUT2D eigenvalue weighted by molar-refractivity contribution is -0.147. The first-order valence-corrected chi connectivity index (χ1v) is 13.1. The number of fused-ring (bicyclic) bond motifs is 2. The molecule has 214 valence electrons. The first-order valence-electron chi connectivity index (χ1n) is 13.1. The van der Waals surface area contributed by atoms with Crippen molar-refractivity contribution in [2.75, 3.05) is 21.3 Å². The van der Waals surface area contributed by atoms with E-state index in [-0.39, 0.29) is 11.4 Å². The molecule has 0 fully saturated rings. The monoisotopic (exact) mass is 567 g/mol.